The van der Waals surface area contributed by atoms with Crippen molar-refractivity contribution in [3.05, 3.63) is 48.7 Å². The largest absolute Gasteiger partial charge is 0.497 e. The fraction of sp³-hybridized carbons (Fsp3) is 0.522. The Balaban J connectivity index is 1.56. The zero-order valence-corrected chi connectivity index (χ0v) is 18.3. The van der Waals surface area contributed by atoms with E-state index in [-0.39, 0.29) is 6.10 Å². The summed E-state index contributed by atoms with van der Waals surface area (Å²) in [7, 11) is -0.0179. The van der Waals surface area contributed by atoms with Gasteiger partial charge < -0.3 is 9.16 Å². The Bertz CT molecular complexity index is 940. The Morgan fingerprint density at radius 1 is 1.32 bits per heavy atom. The van der Waals surface area contributed by atoms with Gasteiger partial charge in [-0.05, 0) is 80.7 Å². The first-order valence-corrected chi connectivity index (χ1v) is 13.8. The highest BCUT2D eigenvalue weighted by molar-refractivity contribution is 6.69. The number of fused-ring (bicyclic) bond motifs is 1. The van der Waals surface area contributed by atoms with Gasteiger partial charge in [-0.1, -0.05) is 6.08 Å². The van der Waals surface area contributed by atoms with Crippen molar-refractivity contribution in [3.63, 3.8) is 0 Å². The van der Waals surface area contributed by atoms with Crippen molar-refractivity contribution in [1.82, 2.24) is 9.88 Å². The van der Waals surface area contributed by atoms with Crippen molar-refractivity contribution < 1.29 is 9.16 Å². The predicted octanol–water partition coefficient (Wildman–Crippen LogP) is 4.78. The molecule has 3 aliphatic rings. The monoisotopic (exact) mass is 394 g/mol. The summed E-state index contributed by atoms with van der Waals surface area (Å²) in [5.41, 5.74) is 2.66. The average molecular weight is 395 g/mol. The highest BCUT2D eigenvalue weighted by atomic mass is 28.4. The maximum absolute atomic E-state index is 6.85. The minimum Gasteiger partial charge on any atom is -0.497 e. The Kier molecular flexibility index (Phi) is 4.03. The molecule has 0 N–H and O–H groups in total. The number of pyridine rings is 1. The first-order chi connectivity index (χ1) is 13.4. The van der Waals surface area contributed by atoms with Crippen molar-refractivity contribution in [2.45, 2.75) is 50.2 Å². The predicted molar refractivity (Wildman–Crippen MR) is 115 cm³/mol. The number of piperidine rings is 1. The van der Waals surface area contributed by atoms with Crippen molar-refractivity contribution >= 4 is 19.2 Å². The van der Waals surface area contributed by atoms with Gasteiger partial charge in [-0.3, -0.25) is 9.88 Å². The lowest BCUT2D eigenvalue weighted by Crippen LogP contribution is -2.60. The molecule has 1 saturated carbocycles. The zero-order chi connectivity index (χ0) is 19.7. The number of nitrogens with zero attached hydrogens (tertiary/aromatic N) is 2. The summed E-state index contributed by atoms with van der Waals surface area (Å²) in [6.07, 6.45) is 6.72. The first kappa shape index (κ1) is 18.3. The van der Waals surface area contributed by atoms with Gasteiger partial charge in [-0.2, -0.15) is 0 Å². The number of hydrogen-bond donors (Lipinski definition) is 0. The summed E-state index contributed by atoms with van der Waals surface area (Å²) in [6.45, 7) is 12.1. The van der Waals surface area contributed by atoms with Gasteiger partial charge >= 0.3 is 0 Å². The van der Waals surface area contributed by atoms with Crippen molar-refractivity contribution in [2.24, 2.45) is 11.8 Å². The molecule has 2 aromatic rings. The second kappa shape index (κ2) is 6.15. The van der Waals surface area contributed by atoms with Gasteiger partial charge in [0.1, 0.15) is 5.75 Å². The van der Waals surface area contributed by atoms with E-state index >= 15 is 0 Å². The van der Waals surface area contributed by atoms with E-state index in [0.29, 0.717) is 17.5 Å². The van der Waals surface area contributed by atoms with Gasteiger partial charge in [-0.25, -0.2) is 0 Å². The third kappa shape index (κ3) is 2.53. The van der Waals surface area contributed by atoms with Gasteiger partial charge in [0.25, 0.3) is 0 Å². The van der Waals surface area contributed by atoms with Crippen LogP contribution in [-0.4, -0.2) is 43.4 Å². The molecule has 2 saturated heterocycles. The van der Waals surface area contributed by atoms with E-state index in [0.717, 1.165) is 22.6 Å². The molecule has 28 heavy (non-hydrogen) atoms. The molecule has 1 aromatic heterocycles. The molecule has 5 rings (SSSR count). The molecule has 0 bridgehead atoms. The summed E-state index contributed by atoms with van der Waals surface area (Å²) in [5.74, 6) is 2.37. The molecule has 1 spiro atoms. The van der Waals surface area contributed by atoms with Crippen LogP contribution in [0.15, 0.2) is 43.1 Å². The normalized spacial score (nSPS) is 32.4. The van der Waals surface area contributed by atoms with Gasteiger partial charge in [0, 0.05) is 23.2 Å². The van der Waals surface area contributed by atoms with Gasteiger partial charge in [-0.15, -0.1) is 6.58 Å². The standard InChI is InChI=1S/C23H30N2O2Si/c1-6-18-19-10-12-25-21(14-23(18,19)25)22(27-28(3,4)5)16-9-11-24-20-8-7-15(26-2)13-17(16)20/h6-9,11,13,18-19,21-22H,1,10,12,14H2,2-5H3. The van der Waals surface area contributed by atoms with E-state index in [1.807, 2.05) is 18.3 Å². The van der Waals surface area contributed by atoms with Crippen LogP contribution in [0.2, 0.25) is 19.6 Å². The van der Waals surface area contributed by atoms with E-state index in [1.54, 1.807) is 7.11 Å². The second-order valence-electron chi connectivity index (χ2n) is 9.55. The van der Waals surface area contributed by atoms with E-state index < -0.39 is 8.32 Å². The van der Waals surface area contributed by atoms with Crippen molar-refractivity contribution in [2.75, 3.05) is 13.7 Å². The zero-order valence-electron chi connectivity index (χ0n) is 17.3. The lowest BCUT2D eigenvalue weighted by Gasteiger charge is -2.53. The molecule has 4 nitrogen and oxygen atoms in total. The summed E-state index contributed by atoms with van der Waals surface area (Å²) in [5, 5.41) is 1.15. The number of rotatable bonds is 6. The van der Waals surface area contributed by atoms with Crippen LogP contribution in [0.1, 0.15) is 24.5 Å². The second-order valence-corrected chi connectivity index (χ2v) is 14.0. The molecule has 0 amide bonds. The molecule has 1 aliphatic carbocycles. The maximum atomic E-state index is 6.85. The molecule has 0 radical (unpaired) electrons. The van der Waals surface area contributed by atoms with Crippen LogP contribution < -0.4 is 4.74 Å². The van der Waals surface area contributed by atoms with E-state index in [2.05, 4.69) is 54.3 Å². The summed E-state index contributed by atoms with van der Waals surface area (Å²) >= 11 is 0. The molecule has 3 heterocycles. The smallest absolute Gasteiger partial charge is 0.184 e. The SMILES string of the molecule is C=CC1C2CCN3C(C(O[Si](C)(C)C)c4ccnc5ccc(OC)cc45)CC123. The van der Waals surface area contributed by atoms with Crippen LogP contribution >= 0.6 is 0 Å². The minimum atomic E-state index is -1.74. The first-order valence-electron chi connectivity index (χ1n) is 10.4. The summed E-state index contributed by atoms with van der Waals surface area (Å²) in [4.78, 5) is 7.32. The molecular formula is C23H30N2O2Si. The van der Waals surface area contributed by atoms with Crippen LogP contribution in [0.4, 0.5) is 0 Å². The van der Waals surface area contributed by atoms with E-state index in [4.69, 9.17) is 9.16 Å². The fourth-order valence-electron chi connectivity index (χ4n) is 5.96. The van der Waals surface area contributed by atoms with Crippen molar-refractivity contribution in [1.29, 1.82) is 0 Å². The third-order valence-electron chi connectivity index (χ3n) is 7.07. The number of aromatic nitrogens is 1. The molecule has 148 valence electrons. The van der Waals surface area contributed by atoms with Crippen LogP contribution in [0.25, 0.3) is 10.9 Å². The summed E-state index contributed by atoms with van der Waals surface area (Å²) in [6, 6.07) is 8.74. The highest BCUT2D eigenvalue weighted by Gasteiger charge is 2.76. The minimum absolute atomic E-state index is 0.0831. The van der Waals surface area contributed by atoms with Gasteiger partial charge in [0.2, 0.25) is 0 Å². The van der Waals surface area contributed by atoms with E-state index in [1.165, 1.54) is 24.9 Å². The van der Waals surface area contributed by atoms with Crippen LogP contribution in [0.5, 0.6) is 5.75 Å². The Morgan fingerprint density at radius 3 is 2.82 bits per heavy atom. The maximum Gasteiger partial charge on any atom is 0.184 e. The van der Waals surface area contributed by atoms with Crippen LogP contribution in [0.3, 0.4) is 0 Å². The number of methoxy groups -OCH3 is 1. The average Bonchev–Trinajstić information content (AvgIpc) is 3.23. The molecule has 3 fully saturated rings. The number of benzene rings is 1. The highest BCUT2D eigenvalue weighted by Crippen LogP contribution is 2.71. The molecule has 5 heteroatoms. The van der Waals surface area contributed by atoms with Crippen LogP contribution in [0, 0.1) is 11.8 Å². The number of ether oxygens (including phenoxy) is 1. The van der Waals surface area contributed by atoms with Crippen LogP contribution in [-0.2, 0) is 4.43 Å². The topological polar surface area (TPSA) is 34.6 Å². The Labute approximate surface area is 168 Å². The Hall–Kier alpha value is -1.69. The molecule has 1 aromatic carbocycles. The Morgan fingerprint density at radius 2 is 2.14 bits per heavy atom. The lowest BCUT2D eigenvalue weighted by molar-refractivity contribution is -0.0588. The van der Waals surface area contributed by atoms with E-state index in [9.17, 15) is 0 Å². The van der Waals surface area contributed by atoms with Crippen molar-refractivity contribution in [3.8, 4) is 5.75 Å². The third-order valence-corrected chi connectivity index (χ3v) is 8.03. The quantitative estimate of drug-likeness (QED) is 0.521. The fourth-order valence-corrected chi connectivity index (χ4v) is 7.00. The summed E-state index contributed by atoms with van der Waals surface area (Å²) < 4.78 is 12.4. The molecular weight excluding hydrogens is 364 g/mol. The lowest BCUT2D eigenvalue weighted by atomic mass is 9.82. The van der Waals surface area contributed by atoms with Gasteiger partial charge in [0.15, 0.2) is 8.32 Å². The van der Waals surface area contributed by atoms with Gasteiger partial charge in [0.05, 0.1) is 18.7 Å². The molecule has 2 aliphatic heterocycles. The number of hydrogen-bond acceptors (Lipinski definition) is 4. The molecule has 5 unspecified atom stereocenters. The molecule has 5 atom stereocenters.